The van der Waals surface area contributed by atoms with Crippen LogP contribution < -0.4 is 5.73 Å². The van der Waals surface area contributed by atoms with Crippen molar-refractivity contribution in [1.82, 2.24) is 4.98 Å². The maximum atomic E-state index is 5.91. The van der Waals surface area contributed by atoms with Gasteiger partial charge in [-0.2, -0.15) is 0 Å². The Morgan fingerprint density at radius 1 is 1.38 bits per heavy atom. The van der Waals surface area contributed by atoms with E-state index in [1.165, 1.54) is 0 Å². The van der Waals surface area contributed by atoms with E-state index in [0.29, 0.717) is 10.7 Å². The summed E-state index contributed by atoms with van der Waals surface area (Å²) in [5.74, 6) is 0. The van der Waals surface area contributed by atoms with Gasteiger partial charge in [0.1, 0.15) is 0 Å². The van der Waals surface area contributed by atoms with E-state index in [9.17, 15) is 0 Å². The number of anilines is 1. The molecule has 1 aromatic carbocycles. The van der Waals surface area contributed by atoms with Crippen molar-refractivity contribution in [2.75, 3.05) is 5.73 Å². The highest BCUT2D eigenvalue weighted by atomic mass is 35.5. The SMILES string of the molecule is Cc1ccnc2cc(N)c(Cl)cc12. The van der Waals surface area contributed by atoms with E-state index in [-0.39, 0.29) is 0 Å². The molecule has 0 aliphatic rings. The van der Waals surface area contributed by atoms with Crippen LogP contribution in [0, 0.1) is 6.92 Å². The van der Waals surface area contributed by atoms with E-state index in [0.717, 1.165) is 16.5 Å². The first-order valence-electron chi connectivity index (χ1n) is 3.99. The van der Waals surface area contributed by atoms with E-state index in [1.807, 2.05) is 19.1 Å². The number of benzene rings is 1. The van der Waals surface area contributed by atoms with Gasteiger partial charge in [-0.05, 0) is 30.7 Å². The molecule has 0 spiro atoms. The number of pyridine rings is 1. The number of nitrogen functional groups attached to an aromatic ring is 1. The molecule has 0 aliphatic heterocycles. The molecule has 2 N–H and O–H groups in total. The Morgan fingerprint density at radius 3 is 2.92 bits per heavy atom. The molecule has 0 saturated carbocycles. The second kappa shape index (κ2) is 2.89. The molecule has 0 bridgehead atoms. The zero-order chi connectivity index (χ0) is 9.42. The first-order valence-corrected chi connectivity index (χ1v) is 4.36. The van der Waals surface area contributed by atoms with Gasteiger partial charge in [0.15, 0.2) is 0 Å². The molecule has 66 valence electrons. The molecular weight excluding hydrogens is 184 g/mol. The van der Waals surface area contributed by atoms with E-state index in [1.54, 1.807) is 12.3 Å². The molecule has 2 rings (SSSR count). The van der Waals surface area contributed by atoms with Crippen molar-refractivity contribution < 1.29 is 0 Å². The van der Waals surface area contributed by atoms with E-state index in [4.69, 9.17) is 17.3 Å². The zero-order valence-electron chi connectivity index (χ0n) is 7.21. The van der Waals surface area contributed by atoms with Gasteiger partial charge in [0.05, 0.1) is 16.2 Å². The van der Waals surface area contributed by atoms with Crippen LogP contribution in [-0.4, -0.2) is 4.98 Å². The number of rotatable bonds is 0. The standard InChI is InChI=1S/C10H9ClN2/c1-6-2-3-13-10-5-9(12)8(11)4-7(6)10/h2-5H,12H2,1H3. The molecule has 0 saturated heterocycles. The molecule has 0 radical (unpaired) electrons. The number of aryl methyl sites for hydroxylation is 1. The fourth-order valence-corrected chi connectivity index (χ4v) is 1.48. The van der Waals surface area contributed by atoms with Gasteiger partial charge in [-0.1, -0.05) is 11.6 Å². The lowest BCUT2D eigenvalue weighted by Crippen LogP contribution is -1.89. The lowest BCUT2D eigenvalue weighted by atomic mass is 10.1. The summed E-state index contributed by atoms with van der Waals surface area (Å²) in [4.78, 5) is 4.21. The summed E-state index contributed by atoms with van der Waals surface area (Å²) in [7, 11) is 0. The van der Waals surface area contributed by atoms with Crippen molar-refractivity contribution in [2.45, 2.75) is 6.92 Å². The summed E-state index contributed by atoms with van der Waals surface area (Å²) in [5.41, 5.74) is 8.29. The van der Waals surface area contributed by atoms with Crippen molar-refractivity contribution in [3.63, 3.8) is 0 Å². The number of hydrogen-bond acceptors (Lipinski definition) is 2. The largest absolute Gasteiger partial charge is 0.397 e. The Bertz CT molecular complexity index is 466. The minimum Gasteiger partial charge on any atom is -0.397 e. The summed E-state index contributed by atoms with van der Waals surface area (Å²) in [6, 6.07) is 5.61. The molecule has 2 aromatic rings. The monoisotopic (exact) mass is 192 g/mol. The van der Waals surface area contributed by atoms with Crippen molar-refractivity contribution >= 4 is 28.2 Å². The summed E-state index contributed by atoms with van der Waals surface area (Å²) in [6.07, 6.45) is 1.77. The van der Waals surface area contributed by atoms with Gasteiger partial charge in [-0.3, -0.25) is 4.98 Å². The third-order valence-electron chi connectivity index (χ3n) is 2.08. The highest BCUT2D eigenvalue weighted by Crippen LogP contribution is 2.26. The molecule has 13 heavy (non-hydrogen) atoms. The van der Waals surface area contributed by atoms with Gasteiger partial charge in [0.25, 0.3) is 0 Å². The van der Waals surface area contributed by atoms with Gasteiger partial charge in [0, 0.05) is 11.6 Å². The van der Waals surface area contributed by atoms with Crippen LogP contribution in [0.2, 0.25) is 5.02 Å². The fraction of sp³-hybridized carbons (Fsp3) is 0.100. The Morgan fingerprint density at radius 2 is 2.15 bits per heavy atom. The number of nitrogens with zero attached hydrogens (tertiary/aromatic N) is 1. The fourth-order valence-electron chi connectivity index (χ4n) is 1.32. The number of hydrogen-bond donors (Lipinski definition) is 1. The van der Waals surface area contributed by atoms with Crippen LogP contribution in [0.5, 0.6) is 0 Å². The van der Waals surface area contributed by atoms with Crippen LogP contribution in [0.25, 0.3) is 10.9 Å². The molecule has 0 fully saturated rings. The number of aromatic nitrogens is 1. The Kier molecular flexibility index (Phi) is 1.85. The third kappa shape index (κ3) is 1.33. The van der Waals surface area contributed by atoms with Gasteiger partial charge in [-0.15, -0.1) is 0 Å². The van der Waals surface area contributed by atoms with Gasteiger partial charge < -0.3 is 5.73 Å². The first-order chi connectivity index (χ1) is 6.18. The highest BCUT2D eigenvalue weighted by Gasteiger charge is 2.02. The summed E-state index contributed by atoms with van der Waals surface area (Å²) >= 11 is 5.91. The average Bonchev–Trinajstić information content (AvgIpc) is 2.09. The molecule has 3 heteroatoms. The van der Waals surface area contributed by atoms with Crippen LogP contribution in [0.15, 0.2) is 24.4 Å². The Hall–Kier alpha value is -1.28. The van der Waals surface area contributed by atoms with Crippen LogP contribution in [0.1, 0.15) is 5.56 Å². The van der Waals surface area contributed by atoms with Crippen molar-refractivity contribution in [3.05, 3.63) is 35.0 Å². The van der Waals surface area contributed by atoms with Gasteiger partial charge in [-0.25, -0.2) is 0 Å². The second-order valence-corrected chi connectivity index (χ2v) is 3.43. The lowest BCUT2D eigenvalue weighted by molar-refractivity contribution is 1.37. The molecule has 1 aromatic heterocycles. The molecule has 0 aliphatic carbocycles. The van der Waals surface area contributed by atoms with Crippen molar-refractivity contribution in [2.24, 2.45) is 0 Å². The lowest BCUT2D eigenvalue weighted by Gasteiger charge is -2.03. The summed E-state index contributed by atoms with van der Waals surface area (Å²) in [6.45, 7) is 2.02. The molecular formula is C10H9ClN2. The normalized spacial score (nSPS) is 10.6. The molecule has 2 nitrogen and oxygen atoms in total. The third-order valence-corrected chi connectivity index (χ3v) is 2.41. The molecule has 0 unspecified atom stereocenters. The van der Waals surface area contributed by atoms with Crippen LogP contribution in [0.3, 0.4) is 0 Å². The zero-order valence-corrected chi connectivity index (χ0v) is 7.97. The second-order valence-electron chi connectivity index (χ2n) is 3.02. The number of nitrogens with two attached hydrogens (primary N) is 1. The van der Waals surface area contributed by atoms with Crippen LogP contribution in [0.4, 0.5) is 5.69 Å². The average molecular weight is 193 g/mol. The van der Waals surface area contributed by atoms with E-state index >= 15 is 0 Å². The molecule has 1 heterocycles. The van der Waals surface area contributed by atoms with Crippen LogP contribution >= 0.6 is 11.6 Å². The molecule has 0 amide bonds. The first kappa shape index (κ1) is 8.32. The smallest absolute Gasteiger partial charge is 0.0726 e. The van der Waals surface area contributed by atoms with Gasteiger partial charge >= 0.3 is 0 Å². The topological polar surface area (TPSA) is 38.9 Å². The van der Waals surface area contributed by atoms with E-state index in [2.05, 4.69) is 4.98 Å². The highest BCUT2D eigenvalue weighted by molar-refractivity contribution is 6.33. The van der Waals surface area contributed by atoms with Crippen LogP contribution in [-0.2, 0) is 0 Å². The van der Waals surface area contributed by atoms with Crippen molar-refractivity contribution in [1.29, 1.82) is 0 Å². The Labute approximate surface area is 81.3 Å². The van der Waals surface area contributed by atoms with Gasteiger partial charge in [0.2, 0.25) is 0 Å². The quantitative estimate of drug-likeness (QED) is 0.652. The minimum atomic E-state index is 0.576. The summed E-state index contributed by atoms with van der Waals surface area (Å²) in [5, 5.41) is 1.64. The predicted molar refractivity (Wildman–Crippen MR) is 55.9 cm³/mol. The maximum absolute atomic E-state index is 5.91. The minimum absolute atomic E-state index is 0.576. The summed E-state index contributed by atoms with van der Waals surface area (Å²) < 4.78 is 0. The predicted octanol–water partition coefficient (Wildman–Crippen LogP) is 2.78. The van der Waals surface area contributed by atoms with Crippen molar-refractivity contribution in [3.8, 4) is 0 Å². The molecule has 0 atom stereocenters. The number of halogens is 1. The Balaban J connectivity index is 2.89. The van der Waals surface area contributed by atoms with E-state index < -0.39 is 0 Å². The number of fused-ring (bicyclic) bond motifs is 1. The maximum Gasteiger partial charge on any atom is 0.0726 e.